The molecule has 25 heavy (non-hydrogen) atoms. The van der Waals surface area contributed by atoms with Crippen molar-refractivity contribution in [2.75, 3.05) is 28.7 Å². The Bertz CT molecular complexity index is 774. The van der Waals surface area contributed by atoms with E-state index >= 15 is 0 Å². The first-order valence-corrected chi connectivity index (χ1v) is 8.12. The van der Waals surface area contributed by atoms with Crippen molar-refractivity contribution in [3.05, 3.63) is 36.1 Å². The summed E-state index contributed by atoms with van der Waals surface area (Å²) in [5.41, 5.74) is 1.48. The number of carbonyl (C=O) groups excluding carboxylic acids is 2. The number of carbonyl (C=O) groups is 2. The van der Waals surface area contributed by atoms with E-state index in [2.05, 4.69) is 15.8 Å². The van der Waals surface area contributed by atoms with Crippen molar-refractivity contribution in [3.63, 3.8) is 0 Å². The lowest BCUT2D eigenvalue weighted by atomic mass is 10.2. The lowest BCUT2D eigenvalue weighted by molar-refractivity contribution is -0.117. The smallest absolute Gasteiger partial charge is 0.414 e. The van der Waals surface area contributed by atoms with E-state index in [1.807, 2.05) is 31.2 Å². The predicted octanol–water partition coefficient (Wildman–Crippen LogP) is 2.77. The Kier molecular flexibility index (Phi) is 4.87. The molecule has 1 aromatic heterocycles. The predicted molar refractivity (Wildman–Crippen MR) is 92.7 cm³/mol. The number of rotatable bonds is 6. The fourth-order valence-corrected chi connectivity index (χ4v) is 2.58. The van der Waals surface area contributed by atoms with Gasteiger partial charge in [0, 0.05) is 17.4 Å². The summed E-state index contributed by atoms with van der Waals surface area (Å²) in [7, 11) is 0. The molecule has 0 bridgehead atoms. The SMILES string of the molecule is CC[C@H](Nc1cccc(N2CCOC2=O)c1)C(=O)Nc1cc(C)on1. The summed E-state index contributed by atoms with van der Waals surface area (Å²) in [6.07, 6.45) is 0.224. The van der Waals surface area contributed by atoms with Crippen LogP contribution in [0, 0.1) is 6.92 Å². The van der Waals surface area contributed by atoms with Gasteiger partial charge in [-0.25, -0.2) is 4.79 Å². The second kappa shape index (κ2) is 7.25. The van der Waals surface area contributed by atoms with Gasteiger partial charge in [-0.2, -0.15) is 0 Å². The molecule has 0 saturated carbocycles. The van der Waals surface area contributed by atoms with Crippen molar-refractivity contribution < 1.29 is 18.8 Å². The van der Waals surface area contributed by atoms with E-state index in [4.69, 9.17) is 9.26 Å². The fraction of sp³-hybridized carbons (Fsp3) is 0.353. The molecule has 0 radical (unpaired) electrons. The van der Waals surface area contributed by atoms with Gasteiger partial charge in [0.2, 0.25) is 5.91 Å². The van der Waals surface area contributed by atoms with Crippen molar-refractivity contribution in [3.8, 4) is 0 Å². The monoisotopic (exact) mass is 344 g/mol. The molecule has 8 nitrogen and oxygen atoms in total. The molecule has 8 heteroatoms. The van der Waals surface area contributed by atoms with Gasteiger partial charge in [0.05, 0.1) is 6.54 Å². The van der Waals surface area contributed by atoms with E-state index in [0.717, 1.165) is 11.4 Å². The van der Waals surface area contributed by atoms with Crippen molar-refractivity contribution in [2.24, 2.45) is 0 Å². The summed E-state index contributed by atoms with van der Waals surface area (Å²) in [6, 6.07) is 8.54. The summed E-state index contributed by atoms with van der Waals surface area (Å²) in [6.45, 7) is 4.57. The summed E-state index contributed by atoms with van der Waals surface area (Å²) in [5, 5.41) is 9.67. The van der Waals surface area contributed by atoms with Gasteiger partial charge in [-0.1, -0.05) is 18.1 Å². The zero-order valence-corrected chi connectivity index (χ0v) is 14.1. The van der Waals surface area contributed by atoms with Crippen molar-refractivity contribution in [2.45, 2.75) is 26.3 Å². The van der Waals surface area contributed by atoms with E-state index in [1.165, 1.54) is 0 Å². The second-order valence-corrected chi connectivity index (χ2v) is 5.73. The number of benzene rings is 1. The Hall–Kier alpha value is -3.03. The van der Waals surface area contributed by atoms with Crippen LogP contribution in [0.2, 0.25) is 0 Å². The molecule has 2 heterocycles. The number of nitrogens with one attached hydrogen (secondary N) is 2. The van der Waals surface area contributed by atoms with Gasteiger partial charge in [-0.05, 0) is 31.5 Å². The lowest BCUT2D eigenvalue weighted by Crippen LogP contribution is -2.34. The van der Waals surface area contributed by atoms with E-state index in [1.54, 1.807) is 17.9 Å². The van der Waals surface area contributed by atoms with Crippen molar-refractivity contribution in [1.29, 1.82) is 0 Å². The fourth-order valence-electron chi connectivity index (χ4n) is 2.58. The minimum Gasteiger partial charge on any atom is -0.447 e. The molecule has 1 atom stereocenters. The maximum atomic E-state index is 12.4. The van der Waals surface area contributed by atoms with Crippen LogP contribution >= 0.6 is 0 Å². The zero-order chi connectivity index (χ0) is 17.8. The minimum atomic E-state index is -0.446. The maximum Gasteiger partial charge on any atom is 0.414 e. The number of aromatic nitrogens is 1. The van der Waals surface area contributed by atoms with Crippen molar-refractivity contribution in [1.82, 2.24) is 5.16 Å². The molecule has 3 rings (SSSR count). The van der Waals surface area contributed by atoms with Crippen LogP contribution in [0.25, 0.3) is 0 Å². The third kappa shape index (κ3) is 3.90. The first-order chi connectivity index (χ1) is 12.1. The Morgan fingerprint density at radius 2 is 2.24 bits per heavy atom. The quantitative estimate of drug-likeness (QED) is 0.836. The first kappa shape index (κ1) is 16.8. The average Bonchev–Trinajstić information content (AvgIpc) is 3.21. The molecule has 2 amide bonds. The highest BCUT2D eigenvalue weighted by Crippen LogP contribution is 2.23. The topological polar surface area (TPSA) is 96.7 Å². The molecule has 2 aromatic rings. The van der Waals surface area contributed by atoms with Crippen LogP contribution in [-0.2, 0) is 9.53 Å². The number of nitrogens with zero attached hydrogens (tertiary/aromatic N) is 2. The largest absolute Gasteiger partial charge is 0.447 e. The van der Waals surface area contributed by atoms with Crippen LogP contribution in [0.4, 0.5) is 22.0 Å². The standard InChI is InChI=1S/C17H20N4O4/c1-3-14(16(22)19-15-9-11(2)25-20-15)18-12-5-4-6-13(10-12)21-7-8-24-17(21)23/h4-6,9-10,14,18H,3,7-8H2,1-2H3,(H,19,20,22)/t14-/m0/s1. The summed E-state index contributed by atoms with van der Waals surface area (Å²) >= 11 is 0. The molecule has 1 aliphatic heterocycles. The van der Waals surface area contributed by atoms with Gasteiger partial charge in [-0.3, -0.25) is 9.69 Å². The molecule has 132 valence electrons. The Morgan fingerprint density at radius 3 is 2.88 bits per heavy atom. The molecule has 0 spiro atoms. The van der Waals surface area contributed by atoms with Gasteiger partial charge in [0.15, 0.2) is 5.82 Å². The van der Waals surface area contributed by atoms with E-state index in [-0.39, 0.29) is 12.0 Å². The molecule has 1 saturated heterocycles. The van der Waals surface area contributed by atoms with E-state index in [0.29, 0.717) is 31.2 Å². The first-order valence-electron chi connectivity index (χ1n) is 8.12. The Balaban J connectivity index is 1.68. The number of amides is 2. The van der Waals surface area contributed by atoms with Gasteiger partial charge in [-0.15, -0.1) is 0 Å². The normalized spacial score (nSPS) is 15.0. The summed E-state index contributed by atoms with van der Waals surface area (Å²) in [4.78, 5) is 25.7. The molecular weight excluding hydrogens is 324 g/mol. The van der Waals surface area contributed by atoms with Crippen LogP contribution in [-0.4, -0.2) is 36.4 Å². The van der Waals surface area contributed by atoms with Crippen LogP contribution in [0.1, 0.15) is 19.1 Å². The van der Waals surface area contributed by atoms with Gasteiger partial charge in [0.1, 0.15) is 18.4 Å². The number of hydrogen-bond acceptors (Lipinski definition) is 6. The highest BCUT2D eigenvalue weighted by atomic mass is 16.6. The van der Waals surface area contributed by atoms with Crippen LogP contribution in [0.15, 0.2) is 34.9 Å². The number of ether oxygens (including phenoxy) is 1. The zero-order valence-electron chi connectivity index (χ0n) is 14.1. The maximum absolute atomic E-state index is 12.4. The molecular formula is C17H20N4O4. The van der Waals surface area contributed by atoms with Crippen LogP contribution < -0.4 is 15.5 Å². The third-order valence-electron chi connectivity index (χ3n) is 3.86. The van der Waals surface area contributed by atoms with Gasteiger partial charge >= 0.3 is 6.09 Å². The number of cyclic esters (lactones) is 1. The highest BCUT2D eigenvalue weighted by molar-refractivity contribution is 5.96. The lowest BCUT2D eigenvalue weighted by Gasteiger charge is -2.19. The molecule has 2 N–H and O–H groups in total. The second-order valence-electron chi connectivity index (χ2n) is 5.73. The van der Waals surface area contributed by atoms with E-state index in [9.17, 15) is 9.59 Å². The molecule has 1 aliphatic rings. The number of aryl methyl sites for hydroxylation is 1. The Morgan fingerprint density at radius 1 is 1.40 bits per heavy atom. The molecule has 0 unspecified atom stereocenters. The summed E-state index contributed by atoms with van der Waals surface area (Å²) < 4.78 is 9.90. The van der Waals surface area contributed by atoms with Crippen molar-refractivity contribution >= 4 is 29.2 Å². The minimum absolute atomic E-state index is 0.207. The Labute approximate surface area is 145 Å². The molecule has 1 fully saturated rings. The highest BCUT2D eigenvalue weighted by Gasteiger charge is 2.24. The molecule has 1 aromatic carbocycles. The third-order valence-corrected chi connectivity index (χ3v) is 3.86. The number of hydrogen-bond donors (Lipinski definition) is 2. The van der Waals surface area contributed by atoms with Gasteiger partial charge < -0.3 is 19.9 Å². The number of anilines is 3. The molecule has 0 aliphatic carbocycles. The van der Waals surface area contributed by atoms with Gasteiger partial charge in [0.25, 0.3) is 0 Å². The van der Waals surface area contributed by atoms with Crippen LogP contribution in [0.3, 0.4) is 0 Å². The summed E-state index contributed by atoms with van der Waals surface area (Å²) in [5.74, 6) is 0.805. The van der Waals surface area contributed by atoms with E-state index < -0.39 is 6.04 Å². The average molecular weight is 344 g/mol. The van der Waals surface area contributed by atoms with Crippen LogP contribution in [0.5, 0.6) is 0 Å².